The molecule has 0 aliphatic rings. The first-order valence-corrected chi connectivity index (χ1v) is 10.5. The van der Waals surface area contributed by atoms with Crippen molar-refractivity contribution in [3.8, 4) is 0 Å². The molecule has 1 amide bonds. The molecule has 0 unspecified atom stereocenters. The van der Waals surface area contributed by atoms with Crippen LogP contribution in [0.4, 0.5) is 32.0 Å². The summed E-state index contributed by atoms with van der Waals surface area (Å²) < 4.78 is 82.2. The van der Waals surface area contributed by atoms with Gasteiger partial charge in [0.1, 0.15) is 5.76 Å². The minimum atomic E-state index is -5.56. The maximum absolute atomic E-state index is 12.6. The van der Waals surface area contributed by atoms with Crippen LogP contribution in [0.5, 0.6) is 0 Å². The van der Waals surface area contributed by atoms with E-state index in [9.17, 15) is 31.1 Å². The van der Waals surface area contributed by atoms with Crippen molar-refractivity contribution in [3.63, 3.8) is 0 Å². The average Bonchev–Trinajstić information content (AvgIpc) is 3.18. The van der Waals surface area contributed by atoms with Crippen LogP contribution in [0, 0.1) is 19.8 Å². The number of nitrogens with zero attached hydrogens (tertiary/aromatic N) is 2. The molecule has 1 N–H and O–H groups in total. The number of carbonyl (C=O) groups is 1. The van der Waals surface area contributed by atoms with E-state index in [-0.39, 0.29) is 5.69 Å². The average molecular weight is 483 g/mol. The number of benzene rings is 1. The molecule has 0 spiro atoms. The zero-order valence-corrected chi connectivity index (χ0v) is 17.7. The Morgan fingerprint density at radius 1 is 1.19 bits per heavy atom. The highest BCUT2D eigenvalue weighted by Crippen LogP contribution is 2.41. The van der Waals surface area contributed by atoms with E-state index in [1.807, 2.05) is 6.92 Å². The van der Waals surface area contributed by atoms with Crippen LogP contribution in [0.2, 0.25) is 0 Å². The number of amides is 1. The van der Waals surface area contributed by atoms with E-state index in [0.29, 0.717) is 26.1 Å². The molecule has 0 saturated heterocycles. The number of halogens is 6. The Bertz CT molecular complexity index is 1060. The number of aryl methyl sites for hydroxylation is 2. The summed E-state index contributed by atoms with van der Waals surface area (Å²) in [6.07, 6.45) is -12.9. The molecule has 0 atom stereocenters. The van der Waals surface area contributed by atoms with Gasteiger partial charge < -0.3 is 9.84 Å². The summed E-state index contributed by atoms with van der Waals surface area (Å²) >= 11 is 2.72. The molecule has 13 heteroatoms. The van der Waals surface area contributed by atoms with Gasteiger partial charge in [0, 0.05) is 23.4 Å². The Morgan fingerprint density at radius 2 is 1.87 bits per heavy atom. The summed E-state index contributed by atoms with van der Waals surface area (Å²) in [5, 5.41) is 5.97. The predicted octanol–water partition coefficient (Wildman–Crippen LogP) is 6.26. The van der Waals surface area contributed by atoms with Crippen LogP contribution in [-0.2, 0) is 10.5 Å². The molecule has 2 aromatic heterocycles. The number of thiazole rings is 1. The van der Waals surface area contributed by atoms with Crippen LogP contribution in [0.15, 0.2) is 27.1 Å². The second-order valence-electron chi connectivity index (χ2n) is 6.64. The van der Waals surface area contributed by atoms with Crippen LogP contribution in [0.1, 0.15) is 23.4 Å². The van der Waals surface area contributed by atoms with Crippen molar-refractivity contribution in [1.82, 2.24) is 10.1 Å². The topological polar surface area (TPSA) is 68.0 Å². The van der Waals surface area contributed by atoms with E-state index >= 15 is 0 Å². The molecule has 168 valence electrons. The minimum absolute atomic E-state index is 0.0894. The summed E-state index contributed by atoms with van der Waals surface area (Å²) in [4.78, 5) is 16.2. The molecule has 0 radical (unpaired) electrons. The van der Waals surface area contributed by atoms with Gasteiger partial charge in [-0.05, 0) is 32.0 Å². The van der Waals surface area contributed by atoms with Crippen molar-refractivity contribution in [2.75, 3.05) is 5.32 Å². The fourth-order valence-corrected chi connectivity index (χ4v) is 4.96. The number of carbonyl (C=O) groups excluding carboxylic acids is 1. The predicted molar refractivity (Wildman–Crippen MR) is 104 cm³/mol. The smallest absolute Gasteiger partial charge is 0.361 e. The van der Waals surface area contributed by atoms with Crippen LogP contribution < -0.4 is 5.32 Å². The third kappa shape index (κ3) is 5.70. The molecule has 3 rings (SSSR count). The Labute approximate surface area is 180 Å². The third-order valence-electron chi connectivity index (χ3n) is 4.35. The quantitative estimate of drug-likeness (QED) is 0.331. The highest BCUT2D eigenvalue weighted by molar-refractivity contribution is 8.00. The first-order valence-electron chi connectivity index (χ1n) is 8.73. The van der Waals surface area contributed by atoms with Gasteiger partial charge in [0.25, 0.3) is 0 Å². The lowest BCUT2D eigenvalue weighted by Crippen LogP contribution is -2.39. The molecule has 0 fully saturated rings. The normalized spacial score (nSPS) is 12.7. The Balaban J connectivity index is 1.69. The van der Waals surface area contributed by atoms with Gasteiger partial charge in [0.15, 0.2) is 10.3 Å². The standard InChI is InChI=1S/C18H15F6N3O2S2/c1-8-11(9(2)29-27-8)7-30-16-26-12-4-3-10(5-13(12)31-16)25-15(28)6-14(17(19,20)21)18(22,23)24/h3-5,14H,6-7H2,1-2H3,(H,25,28). The minimum Gasteiger partial charge on any atom is -0.361 e. The molecule has 1 aromatic carbocycles. The number of hydrogen-bond donors (Lipinski definition) is 1. The zero-order chi connectivity index (χ0) is 23.0. The van der Waals surface area contributed by atoms with Gasteiger partial charge in [-0.3, -0.25) is 4.79 Å². The van der Waals surface area contributed by atoms with E-state index in [1.165, 1.54) is 41.3 Å². The van der Waals surface area contributed by atoms with E-state index in [1.54, 1.807) is 6.92 Å². The Hall–Kier alpha value is -2.28. The molecule has 3 aromatic rings. The molecular formula is C18H15F6N3O2S2. The number of nitrogens with one attached hydrogen (secondary N) is 1. The first-order chi connectivity index (χ1) is 14.3. The number of aromatic nitrogens is 2. The van der Waals surface area contributed by atoms with Crippen LogP contribution in [0.3, 0.4) is 0 Å². The second-order valence-corrected chi connectivity index (χ2v) is 8.89. The van der Waals surface area contributed by atoms with Gasteiger partial charge in [-0.2, -0.15) is 26.3 Å². The van der Waals surface area contributed by atoms with Gasteiger partial charge in [-0.15, -0.1) is 11.3 Å². The van der Waals surface area contributed by atoms with E-state index in [2.05, 4.69) is 15.5 Å². The lowest BCUT2D eigenvalue weighted by Gasteiger charge is -2.22. The fourth-order valence-electron chi connectivity index (χ4n) is 2.70. The maximum Gasteiger partial charge on any atom is 0.400 e. The largest absolute Gasteiger partial charge is 0.400 e. The highest BCUT2D eigenvalue weighted by Gasteiger charge is 2.57. The summed E-state index contributed by atoms with van der Waals surface area (Å²) in [6, 6.07) is 4.37. The first kappa shape index (κ1) is 23.4. The van der Waals surface area contributed by atoms with Crippen molar-refractivity contribution >= 4 is 44.9 Å². The van der Waals surface area contributed by atoms with Crippen LogP contribution in [0.25, 0.3) is 10.2 Å². The van der Waals surface area contributed by atoms with Gasteiger partial charge in [0.2, 0.25) is 5.91 Å². The van der Waals surface area contributed by atoms with Crippen molar-refractivity contribution in [1.29, 1.82) is 0 Å². The number of thioether (sulfide) groups is 1. The molecule has 2 heterocycles. The summed E-state index contributed by atoms with van der Waals surface area (Å²) in [6.45, 7) is 3.62. The van der Waals surface area contributed by atoms with Gasteiger partial charge in [-0.25, -0.2) is 4.98 Å². The van der Waals surface area contributed by atoms with Gasteiger partial charge in [0.05, 0.1) is 15.9 Å². The third-order valence-corrected chi connectivity index (χ3v) is 6.54. The molecule has 0 bridgehead atoms. The number of fused-ring (bicyclic) bond motifs is 1. The zero-order valence-electron chi connectivity index (χ0n) is 16.0. The van der Waals surface area contributed by atoms with Crippen molar-refractivity contribution in [3.05, 3.63) is 35.2 Å². The summed E-state index contributed by atoms with van der Waals surface area (Å²) in [5.74, 6) is -3.83. The number of alkyl halides is 6. The van der Waals surface area contributed by atoms with E-state index in [0.717, 1.165) is 11.3 Å². The summed E-state index contributed by atoms with van der Waals surface area (Å²) in [7, 11) is 0. The SMILES string of the molecule is Cc1noc(C)c1CSc1nc2ccc(NC(=O)CC(C(F)(F)F)C(F)(F)F)cc2s1. The maximum atomic E-state index is 12.6. The van der Waals surface area contributed by atoms with E-state index < -0.39 is 30.6 Å². The lowest BCUT2D eigenvalue weighted by molar-refractivity contribution is -0.283. The van der Waals surface area contributed by atoms with Gasteiger partial charge in [-0.1, -0.05) is 16.9 Å². The van der Waals surface area contributed by atoms with E-state index in [4.69, 9.17) is 4.52 Å². The monoisotopic (exact) mass is 483 g/mol. The van der Waals surface area contributed by atoms with Gasteiger partial charge >= 0.3 is 12.4 Å². The Kier molecular flexibility index (Phi) is 6.56. The van der Waals surface area contributed by atoms with Crippen LogP contribution >= 0.6 is 23.1 Å². The molecule has 0 aliphatic heterocycles. The molecule has 0 aliphatic carbocycles. The summed E-state index contributed by atoms with van der Waals surface area (Å²) in [5.41, 5.74) is 2.40. The second kappa shape index (κ2) is 8.69. The molecular weight excluding hydrogens is 468 g/mol. The van der Waals surface area contributed by atoms with Crippen molar-refractivity contribution in [2.24, 2.45) is 5.92 Å². The molecule has 5 nitrogen and oxygen atoms in total. The number of hydrogen-bond acceptors (Lipinski definition) is 6. The number of rotatable bonds is 6. The molecule has 0 saturated carbocycles. The Morgan fingerprint density at radius 3 is 2.45 bits per heavy atom. The fraction of sp³-hybridized carbons (Fsp3) is 0.389. The van der Waals surface area contributed by atoms with Crippen molar-refractivity contribution in [2.45, 2.75) is 42.7 Å². The van der Waals surface area contributed by atoms with Crippen molar-refractivity contribution < 1.29 is 35.7 Å². The van der Waals surface area contributed by atoms with Crippen LogP contribution in [-0.4, -0.2) is 28.4 Å². The highest BCUT2D eigenvalue weighted by atomic mass is 32.2. The molecule has 31 heavy (non-hydrogen) atoms. The number of anilines is 1. The lowest BCUT2D eigenvalue weighted by atomic mass is 10.0.